The molecular formula is C20H36O4Si. The van der Waals surface area contributed by atoms with Crippen molar-refractivity contribution in [3.8, 4) is 0 Å². The zero-order chi connectivity index (χ0) is 18.1. The molecule has 2 aliphatic rings. The van der Waals surface area contributed by atoms with Gasteiger partial charge >= 0.3 is 8.07 Å². The van der Waals surface area contributed by atoms with E-state index in [1.807, 2.05) is 0 Å². The van der Waals surface area contributed by atoms with Gasteiger partial charge in [0.15, 0.2) is 0 Å². The first-order chi connectivity index (χ1) is 12.2. The van der Waals surface area contributed by atoms with Crippen molar-refractivity contribution >= 4 is 19.3 Å². The van der Waals surface area contributed by atoms with Gasteiger partial charge < -0.3 is 9.47 Å². The maximum Gasteiger partial charge on any atom is 0.317 e. The molecule has 0 aliphatic heterocycles. The second-order valence-corrected chi connectivity index (χ2v) is 12.0. The Hall–Kier alpha value is -0.843. The molecule has 2 aliphatic carbocycles. The first-order valence-corrected chi connectivity index (χ1v) is 12.7. The van der Waals surface area contributed by atoms with Crippen molar-refractivity contribution in [2.75, 3.05) is 13.2 Å². The van der Waals surface area contributed by atoms with E-state index in [0.717, 1.165) is 77.0 Å². The highest BCUT2D eigenvalue weighted by molar-refractivity contribution is 7.25. The Kier molecular flexibility index (Phi) is 8.47. The Morgan fingerprint density at radius 1 is 0.760 bits per heavy atom. The molecule has 0 atom stereocenters. The van der Waals surface area contributed by atoms with Crippen LogP contribution in [-0.4, -0.2) is 32.5 Å². The molecule has 25 heavy (non-hydrogen) atoms. The van der Waals surface area contributed by atoms with Gasteiger partial charge in [0.25, 0.3) is 11.2 Å². The minimum Gasteiger partial charge on any atom is -0.470 e. The fraction of sp³-hybridized carbons (Fsp3) is 0.900. The van der Waals surface area contributed by atoms with Gasteiger partial charge in [0, 0.05) is 0 Å². The summed E-state index contributed by atoms with van der Waals surface area (Å²) in [4.78, 5) is 26.7. The molecule has 2 saturated carbocycles. The van der Waals surface area contributed by atoms with E-state index in [2.05, 4.69) is 13.8 Å². The van der Waals surface area contributed by atoms with E-state index in [9.17, 15) is 9.59 Å². The average Bonchev–Trinajstić information content (AvgIpc) is 3.30. The quantitative estimate of drug-likeness (QED) is 0.332. The van der Waals surface area contributed by atoms with Gasteiger partial charge in [-0.15, -0.1) is 0 Å². The molecule has 0 bridgehead atoms. The van der Waals surface area contributed by atoms with Gasteiger partial charge in [-0.05, 0) is 23.9 Å². The largest absolute Gasteiger partial charge is 0.470 e. The van der Waals surface area contributed by atoms with Crippen molar-refractivity contribution < 1.29 is 19.1 Å². The highest BCUT2D eigenvalue weighted by Gasteiger charge is 2.63. The molecule has 0 unspecified atom stereocenters. The summed E-state index contributed by atoms with van der Waals surface area (Å²) in [5.41, 5.74) is 0.167. The average molecular weight is 369 g/mol. The smallest absolute Gasteiger partial charge is 0.317 e. The standard InChI is InChI=1S/C20H36O4Si/c1-3-5-15-23-19(21)25(17-11-7-8-12-17,18-13-9-10-14-18)20(22)24-16-6-4-2/h17-18H,3-16H2,1-2H3. The zero-order valence-corrected chi connectivity index (χ0v) is 17.2. The van der Waals surface area contributed by atoms with Crippen LogP contribution in [0.3, 0.4) is 0 Å². The second-order valence-electron chi connectivity index (χ2n) is 7.81. The van der Waals surface area contributed by atoms with E-state index in [0.29, 0.717) is 13.2 Å². The Labute approximate surface area is 154 Å². The first kappa shape index (κ1) is 20.5. The number of hydrogen-bond acceptors (Lipinski definition) is 4. The SMILES string of the molecule is CCCCOC(=O)[Si](C(=O)OCCCC)(C1CCCC1)C1CCCC1. The summed E-state index contributed by atoms with van der Waals surface area (Å²) in [5, 5.41) is 0. The van der Waals surface area contributed by atoms with E-state index < -0.39 is 8.07 Å². The maximum absolute atomic E-state index is 13.3. The topological polar surface area (TPSA) is 52.6 Å². The van der Waals surface area contributed by atoms with Gasteiger partial charge in [0.2, 0.25) is 0 Å². The third-order valence-corrected chi connectivity index (χ3v) is 11.5. The predicted octanol–water partition coefficient (Wildman–Crippen LogP) is 6.36. The molecule has 0 spiro atoms. The highest BCUT2D eigenvalue weighted by atomic mass is 28.3. The minimum atomic E-state index is -2.96. The molecule has 0 amide bonds. The molecule has 0 aromatic heterocycles. The van der Waals surface area contributed by atoms with Crippen LogP contribution in [-0.2, 0) is 9.47 Å². The third kappa shape index (κ3) is 4.66. The predicted molar refractivity (Wildman–Crippen MR) is 103 cm³/mol. The van der Waals surface area contributed by atoms with E-state index in [4.69, 9.17) is 9.47 Å². The van der Waals surface area contributed by atoms with Crippen molar-refractivity contribution in [2.45, 2.75) is 102 Å². The summed E-state index contributed by atoms with van der Waals surface area (Å²) in [5.74, 6) is 0. The number of ether oxygens (including phenoxy) is 2. The van der Waals surface area contributed by atoms with Crippen LogP contribution in [0.5, 0.6) is 0 Å². The van der Waals surface area contributed by atoms with Crippen molar-refractivity contribution in [2.24, 2.45) is 0 Å². The van der Waals surface area contributed by atoms with Crippen LogP contribution in [0.15, 0.2) is 0 Å². The first-order valence-electron chi connectivity index (χ1n) is 10.5. The lowest BCUT2D eigenvalue weighted by Crippen LogP contribution is -2.59. The van der Waals surface area contributed by atoms with E-state index in [-0.39, 0.29) is 22.3 Å². The molecule has 0 N–H and O–H groups in total. The van der Waals surface area contributed by atoms with Crippen LogP contribution in [0.25, 0.3) is 0 Å². The summed E-state index contributed by atoms with van der Waals surface area (Å²) < 4.78 is 11.4. The molecule has 2 rings (SSSR count). The van der Waals surface area contributed by atoms with Crippen LogP contribution in [0, 0.1) is 0 Å². The normalized spacial score (nSPS) is 19.3. The van der Waals surface area contributed by atoms with Gasteiger partial charge in [-0.25, -0.2) is 0 Å². The van der Waals surface area contributed by atoms with Gasteiger partial charge in [-0.1, -0.05) is 78.1 Å². The molecular weight excluding hydrogens is 332 g/mol. The molecule has 2 fully saturated rings. The van der Waals surface area contributed by atoms with Crippen LogP contribution >= 0.6 is 0 Å². The number of carbonyl (C=O) groups is 2. The second kappa shape index (κ2) is 10.3. The van der Waals surface area contributed by atoms with E-state index in [1.165, 1.54) is 0 Å². The maximum atomic E-state index is 13.3. The number of carbonyl (C=O) groups excluding carboxylic acids is 2. The number of hydrogen-bond donors (Lipinski definition) is 0. The zero-order valence-electron chi connectivity index (χ0n) is 16.2. The highest BCUT2D eigenvalue weighted by Crippen LogP contribution is 2.51. The van der Waals surface area contributed by atoms with Crippen molar-refractivity contribution in [3.63, 3.8) is 0 Å². The summed E-state index contributed by atoms with van der Waals surface area (Å²) >= 11 is 0. The summed E-state index contributed by atoms with van der Waals surface area (Å²) in [6, 6.07) is 0. The van der Waals surface area contributed by atoms with Gasteiger partial charge in [-0.3, -0.25) is 9.59 Å². The van der Waals surface area contributed by atoms with E-state index in [1.54, 1.807) is 0 Å². The lowest BCUT2D eigenvalue weighted by molar-refractivity contribution is 0.156. The molecule has 5 heteroatoms. The van der Waals surface area contributed by atoms with Crippen LogP contribution in [0.1, 0.15) is 90.9 Å². The van der Waals surface area contributed by atoms with Crippen LogP contribution < -0.4 is 0 Å². The molecule has 4 nitrogen and oxygen atoms in total. The molecule has 0 heterocycles. The fourth-order valence-corrected chi connectivity index (χ4v) is 10.2. The van der Waals surface area contributed by atoms with Gasteiger partial charge in [-0.2, -0.15) is 0 Å². The Morgan fingerprint density at radius 2 is 1.12 bits per heavy atom. The molecule has 144 valence electrons. The molecule has 0 radical (unpaired) electrons. The Morgan fingerprint density at radius 3 is 1.44 bits per heavy atom. The minimum absolute atomic E-state index is 0.152. The summed E-state index contributed by atoms with van der Waals surface area (Å²) in [6.07, 6.45) is 12.3. The Balaban J connectivity index is 2.27. The van der Waals surface area contributed by atoms with Crippen LogP contribution in [0.4, 0.5) is 9.59 Å². The molecule has 0 saturated heterocycles. The third-order valence-electron chi connectivity index (χ3n) is 6.14. The number of rotatable bonds is 10. The van der Waals surface area contributed by atoms with Gasteiger partial charge in [0.1, 0.15) is 0 Å². The molecule has 0 aromatic carbocycles. The van der Waals surface area contributed by atoms with Gasteiger partial charge in [0.05, 0.1) is 13.2 Å². The summed E-state index contributed by atoms with van der Waals surface area (Å²) in [6.45, 7) is 5.08. The van der Waals surface area contributed by atoms with Crippen molar-refractivity contribution in [1.82, 2.24) is 0 Å². The van der Waals surface area contributed by atoms with Crippen molar-refractivity contribution in [3.05, 3.63) is 0 Å². The van der Waals surface area contributed by atoms with Crippen molar-refractivity contribution in [1.29, 1.82) is 0 Å². The molecule has 0 aromatic rings. The lowest BCUT2D eigenvalue weighted by Gasteiger charge is -2.36. The monoisotopic (exact) mass is 368 g/mol. The fourth-order valence-electron chi connectivity index (χ4n) is 4.70. The van der Waals surface area contributed by atoms with Crippen LogP contribution in [0.2, 0.25) is 11.1 Å². The lowest BCUT2D eigenvalue weighted by atomic mass is 10.3. The van der Waals surface area contributed by atoms with E-state index >= 15 is 0 Å². The number of unbranched alkanes of at least 4 members (excludes halogenated alkanes) is 2. The Bertz CT molecular complexity index is 385. The summed E-state index contributed by atoms with van der Waals surface area (Å²) in [7, 11) is -2.96.